The molecule has 1 aliphatic heterocycles. The van der Waals surface area contributed by atoms with Crippen molar-refractivity contribution in [3.63, 3.8) is 0 Å². The Morgan fingerprint density at radius 1 is 1.50 bits per heavy atom. The molecule has 0 aromatic rings. The van der Waals surface area contributed by atoms with E-state index in [1.165, 1.54) is 0 Å². The second-order valence-corrected chi connectivity index (χ2v) is 2.20. The fraction of sp³-hybridized carbons (Fsp3) is 0.500. The zero-order valence-corrected chi connectivity index (χ0v) is 7.24. The van der Waals surface area contributed by atoms with E-state index in [2.05, 4.69) is 8.37 Å². The normalized spacial score (nSPS) is 24.5. The van der Waals surface area contributed by atoms with E-state index in [1.807, 2.05) is 0 Å². The SMILES string of the molecule is O=S1(=O)O[CH-]CO1.[Re]. The summed E-state index contributed by atoms with van der Waals surface area (Å²) >= 11 is 0. The summed E-state index contributed by atoms with van der Waals surface area (Å²) in [5.41, 5.74) is 0. The first-order valence-corrected chi connectivity index (χ1v) is 2.93. The standard InChI is InChI=1S/C2H3O4S.Re/c3-7(4)5-1-2-6-7;/h1H,2H2;/q-1;. The minimum Gasteiger partial charge on any atom is -0.423 e. The second kappa shape index (κ2) is 2.90. The van der Waals surface area contributed by atoms with Gasteiger partial charge in [0, 0.05) is 20.4 Å². The van der Waals surface area contributed by atoms with Crippen LogP contribution in [0.25, 0.3) is 0 Å². The van der Waals surface area contributed by atoms with Crippen LogP contribution in [0.2, 0.25) is 0 Å². The van der Waals surface area contributed by atoms with E-state index in [0.29, 0.717) is 0 Å². The van der Waals surface area contributed by atoms with Gasteiger partial charge in [-0.25, -0.2) is 0 Å². The molecule has 0 saturated carbocycles. The van der Waals surface area contributed by atoms with Crippen LogP contribution in [0, 0.1) is 6.61 Å². The molecule has 0 N–H and O–H groups in total. The Bertz CT molecular complexity index is 137. The third-order valence-corrected chi connectivity index (χ3v) is 1.26. The van der Waals surface area contributed by atoms with E-state index in [4.69, 9.17) is 0 Å². The summed E-state index contributed by atoms with van der Waals surface area (Å²) in [6, 6.07) is 0. The molecule has 0 aliphatic carbocycles. The molecule has 1 saturated heterocycles. The molecule has 4 nitrogen and oxygen atoms in total. The first kappa shape index (κ1) is 8.53. The zero-order valence-electron chi connectivity index (χ0n) is 3.70. The molecule has 1 aliphatic rings. The first-order valence-electron chi connectivity index (χ1n) is 1.60. The van der Waals surface area contributed by atoms with Crippen LogP contribution in [0.3, 0.4) is 0 Å². The van der Waals surface area contributed by atoms with Gasteiger partial charge in [0.25, 0.3) is 0 Å². The van der Waals surface area contributed by atoms with Crippen molar-refractivity contribution < 1.29 is 37.2 Å². The van der Waals surface area contributed by atoms with Gasteiger partial charge in [0.05, 0.1) is 0 Å². The molecule has 0 aromatic carbocycles. The molecule has 0 spiro atoms. The van der Waals surface area contributed by atoms with Crippen LogP contribution in [0.15, 0.2) is 0 Å². The maximum Gasteiger partial charge on any atom is 0.367 e. The third-order valence-electron chi connectivity index (χ3n) is 0.466. The molecule has 1 radical (unpaired) electrons. The Labute approximate surface area is 61.1 Å². The maximum atomic E-state index is 9.95. The molecular weight excluding hydrogens is 306 g/mol. The summed E-state index contributed by atoms with van der Waals surface area (Å²) in [4.78, 5) is 0. The predicted molar refractivity (Wildman–Crippen MR) is 20.3 cm³/mol. The van der Waals surface area contributed by atoms with Crippen molar-refractivity contribution in [2.24, 2.45) is 0 Å². The van der Waals surface area contributed by atoms with Crippen LogP contribution < -0.4 is 0 Å². The summed E-state index contributed by atoms with van der Waals surface area (Å²) in [5, 5.41) is 0. The zero-order chi connectivity index (χ0) is 5.33. The minimum absolute atomic E-state index is 0. The van der Waals surface area contributed by atoms with Gasteiger partial charge in [0.1, 0.15) is 0 Å². The van der Waals surface area contributed by atoms with Crippen molar-refractivity contribution in [1.29, 1.82) is 0 Å². The molecule has 49 valence electrons. The van der Waals surface area contributed by atoms with Gasteiger partial charge >= 0.3 is 10.4 Å². The molecule has 6 heteroatoms. The van der Waals surface area contributed by atoms with Crippen molar-refractivity contribution in [3.05, 3.63) is 6.61 Å². The monoisotopic (exact) mass is 310 g/mol. The Balaban J connectivity index is 0.000000490. The third kappa shape index (κ3) is 2.20. The van der Waals surface area contributed by atoms with Gasteiger partial charge < -0.3 is 4.18 Å². The fourth-order valence-corrected chi connectivity index (χ4v) is 0.750. The van der Waals surface area contributed by atoms with Crippen LogP contribution in [0.5, 0.6) is 0 Å². The summed E-state index contributed by atoms with van der Waals surface area (Å²) in [5.74, 6) is 0. The average molecular weight is 309 g/mol. The van der Waals surface area contributed by atoms with E-state index in [0.717, 1.165) is 6.61 Å². The van der Waals surface area contributed by atoms with E-state index >= 15 is 0 Å². The predicted octanol–water partition coefficient (Wildman–Crippen LogP) is -0.563. The summed E-state index contributed by atoms with van der Waals surface area (Å²) in [6.45, 7) is 1.11. The van der Waals surface area contributed by atoms with E-state index in [9.17, 15) is 8.42 Å². The molecule has 0 atom stereocenters. The van der Waals surface area contributed by atoms with Gasteiger partial charge in [-0.2, -0.15) is 15.0 Å². The number of hydrogen-bond donors (Lipinski definition) is 0. The largest absolute Gasteiger partial charge is 0.423 e. The average Bonchev–Trinajstić information content (AvgIpc) is 1.84. The molecule has 0 unspecified atom stereocenters. The van der Waals surface area contributed by atoms with Gasteiger partial charge in [-0.1, -0.05) is 0 Å². The van der Waals surface area contributed by atoms with Crippen LogP contribution in [-0.2, 0) is 39.2 Å². The molecule has 1 rings (SSSR count). The van der Waals surface area contributed by atoms with Crippen LogP contribution in [0.1, 0.15) is 0 Å². The second-order valence-electron chi connectivity index (χ2n) is 0.956. The fourth-order valence-electron chi connectivity index (χ4n) is 0.250. The topological polar surface area (TPSA) is 52.6 Å². The molecule has 0 aromatic heterocycles. The summed E-state index contributed by atoms with van der Waals surface area (Å²) < 4.78 is 27.9. The van der Waals surface area contributed by atoms with Gasteiger partial charge in [0.2, 0.25) is 0 Å². The van der Waals surface area contributed by atoms with E-state index < -0.39 is 10.4 Å². The quantitative estimate of drug-likeness (QED) is 0.563. The molecular formula is C2H3O4ReS-. The summed E-state index contributed by atoms with van der Waals surface area (Å²) in [7, 11) is -3.60. The molecule has 1 fully saturated rings. The van der Waals surface area contributed by atoms with E-state index in [1.54, 1.807) is 0 Å². The smallest absolute Gasteiger partial charge is 0.367 e. The van der Waals surface area contributed by atoms with Crippen molar-refractivity contribution >= 4 is 10.4 Å². The van der Waals surface area contributed by atoms with Crippen molar-refractivity contribution in [2.45, 2.75) is 0 Å². The Hall–Kier alpha value is 0.532. The molecule has 8 heavy (non-hydrogen) atoms. The van der Waals surface area contributed by atoms with Gasteiger partial charge in [0.15, 0.2) is 0 Å². The van der Waals surface area contributed by atoms with Crippen LogP contribution >= 0.6 is 0 Å². The van der Waals surface area contributed by atoms with Crippen molar-refractivity contribution in [3.8, 4) is 0 Å². The molecule has 0 bridgehead atoms. The minimum atomic E-state index is -3.60. The first-order chi connectivity index (χ1) is 3.21. The molecule has 1 heterocycles. The number of rotatable bonds is 0. The molecule has 0 amide bonds. The van der Waals surface area contributed by atoms with Crippen molar-refractivity contribution in [2.75, 3.05) is 6.61 Å². The Morgan fingerprint density at radius 3 is 2.25 bits per heavy atom. The Morgan fingerprint density at radius 2 is 2.12 bits per heavy atom. The van der Waals surface area contributed by atoms with Gasteiger partial charge in [-0.05, 0) is 6.61 Å². The van der Waals surface area contributed by atoms with Crippen LogP contribution in [0.4, 0.5) is 0 Å². The van der Waals surface area contributed by atoms with Gasteiger partial charge in [-0.3, -0.25) is 4.18 Å². The number of hydrogen-bond acceptors (Lipinski definition) is 4. The van der Waals surface area contributed by atoms with Gasteiger partial charge in [-0.15, -0.1) is 0 Å². The maximum absolute atomic E-state index is 9.95. The summed E-state index contributed by atoms with van der Waals surface area (Å²) in [6.07, 6.45) is 0. The van der Waals surface area contributed by atoms with Crippen molar-refractivity contribution in [1.82, 2.24) is 0 Å². The van der Waals surface area contributed by atoms with Crippen LogP contribution in [-0.4, -0.2) is 15.0 Å². The Kier molecular flexibility index (Phi) is 3.09. The van der Waals surface area contributed by atoms with E-state index in [-0.39, 0.29) is 27.0 Å².